The van der Waals surface area contributed by atoms with Gasteiger partial charge in [-0.3, -0.25) is 9.69 Å². The van der Waals surface area contributed by atoms with Gasteiger partial charge in [-0.25, -0.2) is 0 Å². The van der Waals surface area contributed by atoms with Crippen molar-refractivity contribution in [2.45, 2.75) is 27.3 Å². The molecule has 5 rings (SSSR count). The predicted molar refractivity (Wildman–Crippen MR) is 144 cm³/mol. The fraction of sp³-hybridized carbons (Fsp3) is 0.143. The Morgan fingerprint density at radius 3 is 2.39 bits per heavy atom. The van der Waals surface area contributed by atoms with E-state index in [-0.39, 0.29) is 5.91 Å². The number of amides is 1. The average molecular weight is 469 g/mol. The minimum atomic E-state index is -0.0625. The zero-order chi connectivity index (χ0) is 23.1. The summed E-state index contributed by atoms with van der Waals surface area (Å²) in [6.45, 7) is 7.03. The van der Waals surface area contributed by atoms with Crippen molar-refractivity contribution in [1.82, 2.24) is 4.57 Å². The summed E-state index contributed by atoms with van der Waals surface area (Å²) in [5.74, 6) is -0.0625. The summed E-state index contributed by atoms with van der Waals surface area (Å²) in [7, 11) is 0. The highest BCUT2D eigenvalue weighted by molar-refractivity contribution is 8.27. The maximum Gasteiger partial charge on any atom is 0.270 e. The first-order chi connectivity index (χ1) is 15.9. The summed E-state index contributed by atoms with van der Waals surface area (Å²) in [6, 6.07) is 24.9. The molecule has 0 spiro atoms. The standard InChI is InChI=1S/C28H24N2OS2/c1-18-13-14-22(15-19(18)2)30-27(31)26(33-28(30)32)16-24-20(3)29(17-21-9-5-4-6-10-21)25-12-8-7-11-23(24)25/h4-16H,17H2,1-3H3/b26-16-. The van der Waals surface area contributed by atoms with Crippen LogP contribution in [0.5, 0.6) is 0 Å². The molecule has 1 aliphatic heterocycles. The van der Waals surface area contributed by atoms with Crippen LogP contribution >= 0.6 is 24.0 Å². The van der Waals surface area contributed by atoms with Gasteiger partial charge in [-0.1, -0.05) is 78.6 Å². The number of carbonyl (C=O) groups excluding carboxylic acids is 1. The second-order valence-electron chi connectivity index (χ2n) is 8.37. The van der Waals surface area contributed by atoms with Gasteiger partial charge in [0.2, 0.25) is 0 Å². The summed E-state index contributed by atoms with van der Waals surface area (Å²) < 4.78 is 2.89. The summed E-state index contributed by atoms with van der Waals surface area (Å²) in [5, 5.41) is 1.14. The SMILES string of the molecule is Cc1ccc(N2C(=O)/C(=C/c3c(C)n(Cc4ccccc4)c4ccccc34)SC2=S)cc1C. The number of fused-ring (bicyclic) bond motifs is 1. The molecule has 1 fully saturated rings. The Balaban J connectivity index is 1.57. The Morgan fingerprint density at radius 1 is 0.909 bits per heavy atom. The highest BCUT2D eigenvalue weighted by Gasteiger charge is 2.34. The van der Waals surface area contributed by atoms with E-state index in [0.29, 0.717) is 9.23 Å². The van der Waals surface area contributed by atoms with Crippen LogP contribution in [-0.4, -0.2) is 14.8 Å². The van der Waals surface area contributed by atoms with Gasteiger partial charge in [0.05, 0.1) is 10.6 Å². The van der Waals surface area contributed by atoms with E-state index in [1.54, 1.807) is 4.90 Å². The maximum atomic E-state index is 13.4. The quantitative estimate of drug-likeness (QED) is 0.238. The van der Waals surface area contributed by atoms with E-state index in [2.05, 4.69) is 67.8 Å². The number of nitrogens with zero attached hydrogens (tertiary/aromatic N) is 2. The number of aryl methyl sites for hydroxylation is 2. The Hall–Kier alpha value is -3.15. The lowest BCUT2D eigenvalue weighted by atomic mass is 10.1. The van der Waals surface area contributed by atoms with Crippen molar-refractivity contribution in [1.29, 1.82) is 0 Å². The van der Waals surface area contributed by atoms with E-state index in [9.17, 15) is 4.79 Å². The number of rotatable bonds is 4. The van der Waals surface area contributed by atoms with Crippen LogP contribution in [0, 0.1) is 20.8 Å². The molecule has 33 heavy (non-hydrogen) atoms. The second kappa shape index (κ2) is 8.65. The highest BCUT2D eigenvalue weighted by Crippen LogP contribution is 2.38. The molecule has 4 aromatic rings. The van der Waals surface area contributed by atoms with Crippen LogP contribution in [0.2, 0.25) is 0 Å². The van der Waals surface area contributed by atoms with Crippen molar-refractivity contribution in [3.8, 4) is 0 Å². The van der Waals surface area contributed by atoms with Crippen LogP contribution in [0.3, 0.4) is 0 Å². The molecule has 0 bridgehead atoms. The summed E-state index contributed by atoms with van der Waals surface area (Å²) in [6.07, 6.45) is 2.01. The van der Waals surface area contributed by atoms with Crippen LogP contribution in [0.1, 0.15) is 27.9 Å². The monoisotopic (exact) mass is 468 g/mol. The Kier molecular flexibility index (Phi) is 5.69. The second-order valence-corrected chi connectivity index (χ2v) is 10.0. The van der Waals surface area contributed by atoms with Crippen LogP contribution in [-0.2, 0) is 11.3 Å². The lowest BCUT2D eigenvalue weighted by molar-refractivity contribution is -0.113. The topological polar surface area (TPSA) is 25.2 Å². The van der Waals surface area contributed by atoms with Crippen LogP contribution in [0.15, 0.2) is 77.7 Å². The first-order valence-corrected chi connectivity index (χ1v) is 12.1. The number of benzene rings is 3. The molecular weight excluding hydrogens is 444 g/mol. The molecule has 1 aromatic heterocycles. The van der Waals surface area contributed by atoms with E-state index in [0.717, 1.165) is 40.0 Å². The summed E-state index contributed by atoms with van der Waals surface area (Å²) in [4.78, 5) is 15.7. The number of anilines is 1. The number of hydrogen-bond donors (Lipinski definition) is 0. The molecule has 0 N–H and O–H groups in total. The molecular formula is C28H24N2OS2. The van der Waals surface area contributed by atoms with Crippen molar-refractivity contribution < 1.29 is 4.79 Å². The number of carbonyl (C=O) groups is 1. The lowest BCUT2D eigenvalue weighted by Crippen LogP contribution is -2.27. The van der Waals surface area contributed by atoms with Gasteiger partial charge in [-0.15, -0.1) is 0 Å². The maximum absolute atomic E-state index is 13.4. The predicted octanol–water partition coefficient (Wildman–Crippen LogP) is 7.02. The van der Waals surface area contributed by atoms with Gasteiger partial charge in [0.15, 0.2) is 4.32 Å². The zero-order valence-corrected chi connectivity index (χ0v) is 20.5. The van der Waals surface area contributed by atoms with Gasteiger partial charge in [0, 0.05) is 28.7 Å². The first-order valence-electron chi connectivity index (χ1n) is 10.9. The van der Waals surface area contributed by atoms with Gasteiger partial charge in [0.1, 0.15) is 0 Å². The van der Waals surface area contributed by atoms with Gasteiger partial charge >= 0.3 is 0 Å². The third kappa shape index (κ3) is 3.92. The fourth-order valence-electron chi connectivity index (χ4n) is 4.30. The Morgan fingerprint density at radius 2 is 1.64 bits per heavy atom. The van der Waals surface area contributed by atoms with Gasteiger partial charge in [-0.2, -0.15) is 0 Å². The van der Waals surface area contributed by atoms with Crippen molar-refractivity contribution in [3.63, 3.8) is 0 Å². The molecule has 1 saturated heterocycles. The molecule has 1 aliphatic rings. The molecule has 3 nitrogen and oxygen atoms in total. The normalized spacial score (nSPS) is 15.2. The molecule has 5 heteroatoms. The van der Waals surface area contributed by atoms with Gasteiger partial charge in [-0.05, 0) is 61.7 Å². The number of para-hydroxylation sites is 1. The third-order valence-electron chi connectivity index (χ3n) is 6.28. The molecule has 0 unspecified atom stereocenters. The van der Waals surface area contributed by atoms with E-state index in [1.807, 2.05) is 36.4 Å². The fourth-order valence-corrected chi connectivity index (χ4v) is 5.58. The van der Waals surface area contributed by atoms with E-state index in [4.69, 9.17) is 12.2 Å². The van der Waals surface area contributed by atoms with Crippen molar-refractivity contribution >= 4 is 56.9 Å². The summed E-state index contributed by atoms with van der Waals surface area (Å²) in [5.41, 5.74) is 7.78. The number of thiocarbonyl (C=S) groups is 1. The molecule has 0 aliphatic carbocycles. The van der Waals surface area contributed by atoms with Crippen molar-refractivity contribution in [2.24, 2.45) is 0 Å². The molecule has 164 valence electrons. The van der Waals surface area contributed by atoms with Crippen molar-refractivity contribution in [2.75, 3.05) is 4.90 Å². The molecule has 3 aromatic carbocycles. The number of aromatic nitrogens is 1. The first kappa shape index (κ1) is 21.7. The van der Waals surface area contributed by atoms with Crippen molar-refractivity contribution in [3.05, 3.63) is 106 Å². The highest BCUT2D eigenvalue weighted by atomic mass is 32.2. The van der Waals surface area contributed by atoms with Crippen LogP contribution < -0.4 is 4.90 Å². The minimum Gasteiger partial charge on any atom is -0.340 e. The Labute approximate surface area is 203 Å². The molecule has 0 saturated carbocycles. The molecule has 2 heterocycles. The number of thioether (sulfide) groups is 1. The largest absolute Gasteiger partial charge is 0.340 e. The molecule has 0 radical (unpaired) electrons. The molecule has 0 atom stereocenters. The third-order valence-corrected chi connectivity index (χ3v) is 7.58. The van der Waals surface area contributed by atoms with E-state index < -0.39 is 0 Å². The van der Waals surface area contributed by atoms with Crippen LogP contribution in [0.25, 0.3) is 17.0 Å². The van der Waals surface area contributed by atoms with Gasteiger partial charge < -0.3 is 4.57 Å². The smallest absolute Gasteiger partial charge is 0.270 e. The van der Waals surface area contributed by atoms with E-state index in [1.165, 1.54) is 22.9 Å². The number of hydrogen-bond acceptors (Lipinski definition) is 3. The lowest BCUT2D eigenvalue weighted by Gasteiger charge is -2.15. The Bertz CT molecular complexity index is 1430. The average Bonchev–Trinajstić information content (AvgIpc) is 3.24. The molecule has 1 amide bonds. The van der Waals surface area contributed by atoms with Crippen LogP contribution in [0.4, 0.5) is 5.69 Å². The van der Waals surface area contributed by atoms with Gasteiger partial charge in [0.25, 0.3) is 5.91 Å². The van der Waals surface area contributed by atoms with E-state index >= 15 is 0 Å². The zero-order valence-electron chi connectivity index (χ0n) is 18.8. The summed E-state index contributed by atoms with van der Waals surface area (Å²) >= 11 is 6.98. The minimum absolute atomic E-state index is 0.0625.